The van der Waals surface area contributed by atoms with Gasteiger partial charge in [-0.05, 0) is 21.5 Å². The van der Waals surface area contributed by atoms with Gasteiger partial charge in [0.05, 0.1) is 12.9 Å². The number of hydrogen-bond acceptors (Lipinski definition) is 2. The van der Waals surface area contributed by atoms with E-state index in [9.17, 15) is 4.79 Å². The van der Waals surface area contributed by atoms with Crippen molar-refractivity contribution in [1.82, 2.24) is 9.55 Å². The van der Waals surface area contributed by atoms with Crippen LogP contribution >= 0.6 is 27.5 Å². The fourth-order valence-electron chi connectivity index (χ4n) is 1.34. The SMILES string of the molecule is O=c1c(Br)c(Cl)ncn1Cc1ccccc1. The van der Waals surface area contributed by atoms with E-state index in [4.69, 9.17) is 11.6 Å². The average molecular weight is 300 g/mol. The highest BCUT2D eigenvalue weighted by atomic mass is 79.9. The average Bonchev–Trinajstić information content (AvgIpc) is 2.31. The van der Waals surface area contributed by atoms with Gasteiger partial charge in [-0.25, -0.2) is 4.98 Å². The smallest absolute Gasteiger partial charge is 0.269 e. The highest BCUT2D eigenvalue weighted by molar-refractivity contribution is 9.10. The fourth-order valence-corrected chi connectivity index (χ4v) is 1.79. The lowest BCUT2D eigenvalue weighted by atomic mass is 10.2. The Morgan fingerprint density at radius 2 is 2.00 bits per heavy atom. The molecule has 0 unspecified atom stereocenters. The summed E-state index contributed by atoms with van der Waals surface area (Å²) in [6, 6.07) is 9.70. The zero-order chi connectivity index (χ0) is 11.5. The lowest BCUT2D eigenvalue weighted by Crippen LogP contribution is -2.21. The second-order valence-corrected chi connectivity index (χ2v) is 4.42. The maximum atomic E-state index is 11.8. The molecule has 0 radical (unpaired) electrons. The Morgan fingerprint density at radius 1 is 1.31 bits per heavy atom. The van der Waals surface area contributed by atoms with Gasteiger partial charge in [0.2, 0.25) is 0 Å². The molecule has 0 saturated carbocycles. The Hall–Kier alpha value is -1.13. The Labute approximate surface area is 106 Å². The molecule has 0 saturated heterocycles. The van der Waals surface area contributed by atoms with Gasteiger partial charge in [-0.1, -0.05) is 41.9 Å². The molecule has 5 heteroatoms. The highest BCUT2D eigenvalue weighted by Crippen LogP contribution is 2.14. The summed E-state index contributed by atoms with van der Waals surface area (Å²) >= 11 is 8.83. The normalized spacial score (nSPS) is 10.4. The molecule has 0 aliphatic rings. The van der Waals surface area contributed by atoms with E-state index in [1.165, 1.54) is 10.9 Å². The third kappa shape index (κ3) is 2.33. The van der Waals surface area contributed by atoms with E-state index in [0.29, 0.717) is 11.0 Å². The number of halogens is 2. The van der Waals surface area contributed by atoms with Crippen LogP contribution in [0.1, 0.15) is 5.56 Å². The summed E-state index contributed by atoms with van der Waals surface area (Å²) in [5, 5.41) is 0.189. The molecule has 1 aromatic heterocycles. The molecule has 1 heterocycles. The zero-order valence-electron chi connectivity index (χ0n) is 8.23. The molecule has 0 aliphatic carbocycles. The largest absolute Gasteiger partial charge is 0.294 e. The van der Waals surface area contributed by atoms with Gasteiger partial charge in [0.15, 0.2) is 5.15 Å². The van der Waals surface area contributed by atoms with Crippen LogP contribution in [0.2, 0.25) is 5.15 Å². The summed E-state index contributed by atoms with van der Waals surface area (Å²) < 4.78 is 1.80. The lowest BCUT2D eigenvalue weighted by molar-refractivity contribution is 0.731. The van der Waals surface area contributed by atoms with Crippen LogP contribution in [0.5, 0.6) is 0 Å². The second kappa shape index (κ2) is 4.80. The number of aromatic nitrogens is 2. The van der Waals surface area contributed by atoms with E-state index < -0.39 is 0 Å². The quantitative estimate of drug-likeness (QED) is 0.799. The number of hydrogen-bond donors (Lipinski definition) is 0. The highest BCUT2D eigenvalue weighted by Gasteiger charge is 2.06. The molecule has 16 heavy (non-hydrogen) atoms. The first kappa shape index (κ1) is 11.4. The van der Waals surface area contributed by atoms with Gasteiger partial charge in [-0.15, -0.1) is 0 Å². The van der Waals surface area contributed by atoms with Crippen LogP contribution in [0, 0.1) is 0 Å². The van der Waals surface area contributed by atoms with Crippen LogP contribution in [0.15, 0.2) is 45.9 Å². The van der Waals surface area contributed by atoms with E-state index in [2.05, 4.69) is 20.9 Å². The molecule has 0 aliphatic heterocycles. The molecule has 1 aromatic carbocycles. The van der Waals surface area contributed by atoms with Crippen molar-refractivity contribution in [3.63, 3.8) is 0 Å². The summed E-state index contributed by atoms with van der Waals surface area (Å²) in [6.45, 7) is 0.489. The fraction of sp³-hybridized carbons (Fsp3) is 0.0909. The molecule has 0 amide bonds. The molecular weight excluding hydrogens is 291 g/mol. The molecule has 2 rings (SSSR count). The van der Waals surface area contributed by atoms with Crippen molar-refractivity contribution in [1.29, 1.82) is 0 Å². The standard InChI is InChI=1S/C11H8BrClN2O/c12-9-10(13)14-7-15(11(9)16)6-8-4-2-1-3-5-8/h1-5,7H,6H2. The Bertz CT molecular complexity index is 554. The van der Waals surface area contributed by atoms with E-state index in [-0.39, 0.29) is 10.7 Å². The van der Waals surface area contributed by atoms with Crippen LogP contribution < -0.4 is 5.56 Å². The summed E-state index contributed by atoms with van der Waals surface area (Å²) in [5.74, 6) is 0. The van der Waals surface area contributed by atoms with Gasteiger partial charge in [0, 0.05) is 0 Å². The molecule has 2 aromatic rings. The minimum absolute atomic E-state index is 0.177. The maximum Gasteiger partial charge on any atom is 0.269 e. The Kier molecular flexibility index (Phi) is 3.41. The van der Waals surface area contributed by atoms with Gasteiger partial charge in [0.1, 0.15) is 4.47 Å². The molecule has 0 N–H and O–H groups in total. The van der Waals surface area contributed by atoms with Gasteiger partial charge < -0.3 is 0 Å². The summed E-state index contributed by atoms with van der Waals surface area (Å²) in [7, 11) is 0. The molecule has 0 fully saturated rings. The molecule has 82 valence electrons. The van der Waals surface area contributed by atoms with Crippen molar-refractivity contribution >= 4 is 27.5 Å². The Balaban J connectivity index is 2.37. The minimum Gasteiger partial charge on any atom is -0.294 e. The van der Waals surface area contributed by atoms with Crippen LogP contribution in [0.3, 0.4) is 0 Å². The predicted molar refractivity (Wildman–Crippen MR) is 66.8 cm³/mol. The topological polar surface area (TPSA) is 34.9 Å². The van der Waals surface area contributed by atoms with E-state index in [0.717, 1.165) is 5.56 Å². The van der Waals surface area contributed by atoms with Crippen molar-refractivity contribution in [3.8, 4) is 0 Å². The molecule has 0 spiro atoms. The first-order valence-electron chi connectivity index (χ1n) is 4.63. The van der Waals surface area contributed by atoms with Crippen LogP contribution in [0.4, 0.5) is 0 Å². The van der Waals surface area contributed by atoms with Crippen molar-refractivity contribution in [2.75, 3.05) is 0 Å². The first-order chi connectivity index (χ1) is 7.68. The lowest BCUT2D eigenvalue weighted by Gasteiger charge is -2.05. The number of rotatable bonds is 2. The van der Waals surface area contributed by atoms with Gasteiger partial charge in [-0.2, -0.15) is 0 Å². The monoisotopic (exact) mass is 298 g/mol. The van der Waals surface area contributed by atoms with Crippen LogP contribution in [-0.2, 0) is 6.54 Å². The van der Waals surface area contributed by atoms with E-state index >= 15 is 0 Å². The third-order valence-corrected chi connectivity index (χ3v) is 3.37. The molecule has 3 nitrogen and oxygen atoms in total. The van der Waals surface area contributed by atoms with Crippen molar-refractivity contribution in [2.24, 2.45) is 0 Å². The van der Waals surface area contributed by atoms with Crippen LogP contribution in [0.25, 0.3) is 0 Å². The number of benzene rings is 1. The first-order valence-corrected chi connectivity index (χ1v) is 5.80. The van der Waals surface area contributed by atoms with Gasteiger partial charge in [0.25, 0.3) is 5.56 Å². The number of nitrogens with zero attached hydrogens (tertiary/aromatic N) is 2. The summed E-state index contributed by atoms with van der Waals surface area (Å²) in [6.07, 6.45) is 1.45. The van der Waals surface area contributed by atoms with E-state index in [1.54, 1.807) is 0 Å². The van der Waals surface area contributed by atoms with Gasteiger partial charge >= 0.3 is 0 Å². The molecule has 0 bridgehead atoms. The second-order valence-electron chi connectivity index (χ2n) is 3.27. The molecule has 0 atom stereocenters. The minimum atomic E-state index is -0.177. The zero-order valence-corrected chi connectivity index (χ0v) is 10.6. The summed E-state index contributed by atoms with van der Waals surface area (Å²) in [4.78, 5) is 15.7. The third-order valence-electron chi connectivity index (χ3n) is 2.14. The molecular formula is C11H8BrClN2O. The van der Waals surface area contributed by atoms with Crippen molar-refractivity contribution in [2.45, 2.75) is 6.54 Å². The Morgan fingerprint density at radius 3 is 2.69 bits per heavy atom. The summed E-state index contributed by atoms with van der Waals surface area (Å²) in [5.41, 5.74) is 0.865. The maximum absolute atomic E-state index is 11.8. The van der Waals surface area contributed by atoms with E-state index in [1.807, 2.05) is 30.3 Å². The van der Waals surface area contributed by atoms with Gasteiger partial charge in [-0.3, -0.25) is 9.36 Å². The van der Waals surface area contributed by atoms with Crippen LogP contribution in [-0.4, -0.2) is 9.55 Å². The van der Waals surface area contributed by atoms with Crippen molar-refractivity contribution < 1.29 is 0 Å². The predicted octanol–water partition coefficient (Wildman–Crippen LogP) is 2.71. The van der Waals surface area contributed by atoms with Crippen molar-refractivity contribution in [3.05, 3.63) is 62.2 Å².